The van der Waals surface area contributed by atoms with E-state index >= 15 is 0 Å². The quantitative estimate of drug-likeness (QED) is 0.840. The van der Waals surface area contributed by atoms with Crippen LogP contribution in [0.15, 0.2) is 12.1 Å². The van der Waals surface area contributed by atoms with E-state index in [1.54, 1.807) is 0 Å². The summed E-state index contributed by atoms with van der Waals surface area (Å²) in [6.45, 7) is 2.37. The van der Waals surface area contributed by atoms with E-state index in [-0.39, 0.29) is 0 Å². The number of aromatic nitrogens is 1. The molecule has 2 aliphatic rings. The van der Waals surface area contributed by atoms with Crippen molar-refractivity contribution in [1.29, 1.82) is 0 Å². The SMILES string of the molecule is CC1CCCC(Nc2ccc3c(n2)CCC3)C1. The van der Waals surface area contributed by atoms with Crippen molar-refractivity contribution in [1.82, 2.24) is 4.98 Å². The van der Waals surface area contributed by atoms with Crippen molar-refractivity contribution in [3.63, 3.8) is 0 Å². The minimum atomic E-state index is 0.644. The third-order valence-electron chi connectivity index (χ3n) is 4.22. The molecule has 1 saturated carbocycles. The molecule has 92 valence electrons. The van der Waals surface area contributed by atoms with Crippen molar-refractivity contribution in [2.75, 3.05) is 5.32 Å². The van der Waals surface area contributed by atoms with Crippen LogP contribution in [0.1, 0.15) is 50.3 Å². The Hall–Kier alpha value is -1.05. The van der Waals surface area contributed by atoms with E-state index in [9.17, 15) is 0 Å². The Bertz CT molecular complexity index is 400. The van der Waals surface area contributed by atoms with Gasteiger partial charge in [0, 0.05) is 11.7 Å². The number of aryl methyl sites for hydroxylation is 2. The largest absolute Gasteiger partial charge is 0.367 e. The maximum atomic E-state index is 4.76. The van der Waals surface area contributed by atoms with Crippen molar-refractivity contribution in [2.45, 2.75) is 57.9 Å². The third kappa shape index (κ3) is 2.46. The number of pyridine rings is 1. The molecule has 2 aliphatic carbocycles. The molecule has 1 fully saturated rings. The zero-order valence-corrected chi connectivity index (χ0v) is 10.7. The van der Waals surface area contributed by atoms with Crippen LogP contribution >= 0.6 is 0 Å². The lowest BCUT2D eigenvalue weighted by atomic mass is 9.87. The summed E-state index contributed by atoms with van der Waals surface area (Å²) >= 11 is 0. The number of hydrogen-bond donors (Lipinski definition) is 1. The Labute approximate surface area is 104 Å². The number of nitrogens with one attached hydrogen (secondary N) is 1. The molecule has 0 aliphatic heterocycles. The topological polar surface area (TPSA) is 24.9 Å². The molecule has 1 aromatic rings. The lowest BCUT2D eigenvalue weighted by Crippen LogP contribution is -2.26. The molecule has 0 spiro atoms. The molecule has 1 heterocycles. The Morgan fingerprint density at radius 1 is 1.18 bits per heavy atom. The van der Waals surface area contributed by atoms with E-state index in [1.807, 2.05) is 0 Å². The fourth-order valence-corrected chi connectivity index (χ4v) is 3.28. The highest BCUT2D eigenvalue weighted by Crippen LogP contribution is 2.27. The van der Waals surface area contributed by atoms with E-state index in [0.717, 1.165) is 11.7 Å². The van der Waals surface area contributed by atoms with E-state index < -0.39 is 0 Å². The van der Waals surface area contributed by atoms with Crippen molar-refractivity contribution in [3.8, 4) is 0 Å². The van der Waals surface area contributed by atoms with Crippen molar-refractivity contribution in [3.05, 3.63) is 23.4 Å². The highest BCUT2D eigenvalue weighted by Gasteiger charge is 2.19. The predicted molar refractivity (Wildman–Crippen MR) is 71.3 cm³/mol. The van der Waals surface area contributed by atoms with E-state index in [2.05, 4.69) is 24.4 Å². The second-order valence-corrected chi connectivity index (χ2v) is 5.77. The zero-order chi connectivity index (χ0) is 11.7. The molecule has 0 bridgehead atoms. The lowest BCUT2D eigenvalue weighted by molar-refractivity contribution is 0.358. The van der Waals surface area contributed by atoms with E-state index in [4.69, 9.17) is 4.98 Å². The van der Waals surface area contributed by atoms with Gasteiger partial charge in [0.2, 0.25) is 0 Å². The first-order chi connectivity index (χ1) is 8.31. The minimum absolute atomic E-state index is 0.644. The molecule has 0 aromatic carbocycles. The van der Waals surface area contributed by atoms with Gasteiger partial charge in [0.1, 0.15) is 5.82 Å². The van der Waals surface area contributed by atoms with Gasteiger partial charge < -0.3 is 5.32 Å². The summed E-state index contributed by atoms with van der Waals surface area (Å²) in [4.78, 5) is 4.76. The first kappa shape index (κ1) is 11.1. The Morgan fingerprint density at radius 3 is 3.00 bits per heavy atom. The summed E-state index contributed by atoms with van der Waals surface area (Å²) < 4.78 is 0. The fraction of sp³-hybridized carbons (Fsp3) is 0.667. The highest BCUT2D eigenvalue weighted by atomic mass is 15.0. The number of hydrogen-bond acceptors (Lipinski definition) is 2. The minimum Gasteiger partial charge on any atom is -0.367 e. The molecule has 1 N–H and O–H groups in total. The molecular formula is C15H22N2. The normalized spacial score (nSPS) is 27.8. The second-order valence-electron chi connectivity index (χ2n) is 5.77. The van der Waals surface area contributed by atoms with Gasteiger partial charge in [0.25, 0.3) is 0 Å². The summed E-state index contributed by atoms with van der Waals surface area (Å²) in [6, 6.07) is 5.08. The van der Waals surface area contributed by atoms with E-state index in [1.165, 1.54) is 56.2 Å². The van der Waals surface area contributed by atoms with Crippen molar-refractivity contribution >= 4 is 5.82 Å². The summed E-state index contributed by atoms with van der Waals surface area (Å²) in [5, 5.41) is 3.63. The highest BCUT2D eigenvalue weighted by molar-refractivity contribution is 5.41. The fourth-order valence-electron chi connectivity index (χ4n) is 3.28. The molecule has 17 heavy (non-hydrogen) atoms. The Kier molecular flexibility index (Phi) is 3.04. The van der Waals surface area contributed by atoms with Gasteiger partial charge in [0.15, 0.2) is 0 Å². The molecule has 2 heteroatoms. The van der Waals surface area contributed by atoms with Crippen LogP contribution in [0, 0.1) is 5.92 Å². The Morgan fingerprint density at radius 2 is 2.12 bits per heavy atom. The molecule has 2 atom stereocenters. The Balaban J connectivity index is 1.68. The van der Waals surface area contributed by atoms with Crippen LogP contribution in [-0.2, 0) is 12.8 Å². The smallest absolute Gasteiger partial charge is 0.126 e. The number of nitrogens with zero attached hydrogens (tertiary/aromatic N) is 1. The maximum absolute atomic E-state index is 4.76. The van der Waals surface area contributed by atoms with E-state index in [0.29, 0.717) is 6.04 Å². The average Bonchev–Trinajstić information content (AvgIpc) is 2.76. The summed E-state index contributed by atoms with van der Waals surface area (Å²) in [7, 11) is 0. The molecule has 0 saturated heterocycles. The van der Waals surface area contributed by atoms with Crippen molar-refractivity contribution in [2.24, 2.45) is 5.92 Å². The van der Waals surface area contributed by atoms with Crippen LogP contribution in [0.25, 0.3) is 0 Å². The summed E-state index contributed by atoms with van der Waals surface area (Å²) in [5.74, 6) is 1.97. The first-order valence-corrected chi connectivity index (χ1v) is 7.06. The van der Waals surface area contributed by atoms with Gasteiger partial charge in [0.05, 0.1) is 0 Å². The van der Waals surface area contributed by atoms with Crippen LogP contribution in [-0.4, -0.2) is 11.0 Å². The molecule has 2 nitrogen and oxygen atoms in total. The van der Waals surface area contributed by atoms with Gasteiger partial charge >= 0.3 is 0 Å². The summed E-state index contributed by atoms with van der Waals surface area (Å²) in [6.07, 6.45) is 9.06. The number of fused-ring (bicyclic) bond motifs is 1. The molecule has 0 radical (unpaired) electrons. The van der Waals surface area contributed by atoms with Gasteiger partial charge in [-0.1, -0.05) is 25.8 Å². The number of anilines is 1. The van der Waals surface area contributed by atoms with Gasteiger partial charge in [-0.2, -0.15) is 0 Å². The first-order valence-electron chi connectivity index (χ1n) is 7.06. The molecule has 1 aromatic heterocycles. The average molecular weight is 230 g/mol. The van der Waals surface area contributed by atoms with Crippen LogP contribution in [0.4, 0.5) is 5.82 Å². The van der Waals surface area contributed by atoms with Crippen LogP contribution < -0.4 is 5.32 Å². The molecule has 3 rings (SSSR count). The standard InChI is InChI=1S/C15H22N2/c1-11-4-2-6-13(10-11)16-15-9-8-12-5-3-7-14(12)17-15/h8-9,11,13H,2-7,10H2,1H3,(H,16,17). The van der Waals surface area contributed by atoms with Gasteiger partial charge in [-0.25, -0.2) is 4.98 Å². The van der Waals surface area contributed by atoms with Crippen LogP contribution in [0.5, 0.6) is 0 Å². The molecule has 2 unspecified atom stereocenters. The summed E-state index contributed by atoms with van der Waals surface area (Å²) in [5.41, 5.74) is 2.80. The van der Waals surface area contributed by atoms with Crippen LogP contribution in [0.3, 0.4) is 0 Å². The lowest BCUT2D eigenvalue weighted by Gasteiger charge is -2.28. The van der Waals surface area contributed by atoms with Gasteiger partial charge in [-0.3, -0.25) is 0 Å². The van der Waals surface area contributed by atoms with Crippen LogP contribution in [0.2, 0.25) is 0 Å². The maximum Gasteiger partial charge on any atom is 0.126 e. The number of rotatable bonds is 2. The van der Waals surface area contributed by atoms with Gasteiger partial charge in [-0.15, -0.1) is 0 Å². The molecular weight excluding hydrogens is 208 g/mol. The monoisotopic (exact) mass is 230 g/mol. The second kappa shape index (κ2) is 4.67. The zero-order valence-electron chi connectivity index (χ0n) is 10.7. The predicted octanol–water partition coefficient (Wildman–Crippen LogP) is 3.56. The van der Waals surface area contributed by atoms with Gasteiger partial charge in [-0.05, 0) is 49.7 Å². The third-order valence-corrected chi connectivity index (χ3v) is 4.22. The molecule has 0 amide bonds. The van der Waals surface area contributed by atoms with Crippen molar-refractivity contribution < 1.29 is 0 Å².